The van der Waals surface area contributed by atoms with Crippen LogP contribution >= 0.6 is 0 Å². The Bertz CT molecular complexity index is 1220. The maximum absolute atomic E-state index is 14.1. The smallest absolute Gasteiger partial charge is 0.256 e. The van der Waals surface area contributed by atoms with Gasteiger partial charge in [0, 0.05) is 17.5 Å². The molecule has 0 unspecified atom stereocenters. The third-order valence-corrected chi connectivity index (χ3v) is 6.76. The number of halogens is 1. The van der Waals surface area contributed by atoms with Crippen molar-refractivity contribution in [1.29, 1.82) is 0 Å². The summed E-state index contributed by atoms with van der Waals surface area (Å²) in [5.74, 6) is 0.911. The van der Waals surface area contributed by atoms with Crippen molar-refractivity contribution in [3.8, 4) is 11.6 Å². The second kappa shape index (κ2) is 7.04. The fourth-order valence-electron chi connectivity index (χ4n) is 4.62. The van der Waals surface area contributed by atoms with Crippen LogP contribution < -0.4 is 19.7 Å². The minimum absolute atomic E-state index is 0.0281. The minimum Gasteiger partial charge on any atom is -0.486 e. The molecule has 2 aliphatic heterocycles. The minimum atomic E-state index is -0.415. The lowest BCUT2D eigenvalue weighted by Gasteiger charge is -2.41. The number of fused-ring (bicyclic) bond motifs is 1. The van der Waals surface area contributed by atoms with Gasteiger partial charge in [-0.05, 0) is 25.8 Å². The van der Waals surface area contributed by atoms with Crippen LogP contribution in [0.15, 0.2) is 24.7 Å². The fraction of sp³-hybridized carbons (Fsp3) is 0.455. The molecule has 0 saturated heterocycles. The van der Waals surface area contributed by atoms with E-state index >= 15 is 0 Å². The molecule has 10 heteroatoms. The highest BCUT2D eigenvalue weighted by Gasteiger charge is 2.39. The maximum Gasteiger partial charge on any atom is 0.256 e. The summed E-state index contributed by atoms with van der Waals surface area (Å²) in [5, 5.41) is 7.35. The van der Waals surface area contributed by atoms with Crippen LogP contribution in [0.5, 0.6) is 11.6 Å². The molecular formula is C22H23FN6O3. The number of carbonyl (C=O) groups is 1. The normalized spacial score (nSPS) is 21.9. The molecule has 3 aliphatic rings. The van der Waals surface area contributed by atoms with Gasteiger partial charge in [0.25, 0.3) is 5.91 Å². The van der Waals surface area contributed by atoms with Crippen LogP contribution in [0.2, 0.25) is 0 Å². The number of anilines is 1. The van der Waals surface area contributed by atoms with Gasteiger partial charge in [0.15, 0.2) is 17.2 Å². The lowest BCUT2D eigenvalue weighted by Crippen LogP contribution is -2.46. The van der Waals surface area contributed by atoms with Gasteiger partial charge in [-0.2, -0.15) is 5.10 Å². The van der Waals surface area contributed by atoms with E-state index in [-0.39, 0.29) is 17.4 Å². The predicted molar refractivity (Wildman–Crippen MR) is 112 cm³/mol. The lowest BCUT2D eigenvalue weighted by molar-refractivity contribution is 0.0513. The van der Waals surface area contributed by atoms with E-state index in [4.69, 9.17) is 14.5 Å². The molecule has 1 spiro atoms. The number of rotatable bonds is 0. The van der Waals surface area contributed by atoms with Crippen LogP contribution in [0.4, 0.5) is 10.2 Å². The van der Waals surface area contributed by atoms with Crippen LogP contribution in [0, 0.1) is 11.2 Å². The van der Waals surface area contributed by atoms with Gasteiger partial charge in [-0.3, -0.25) is 4.79 Å². The summed E-state index contributed by atoms with van der Waals surface area (Å²) < 4.78 is 27.7. The molecule has 1 aliphatic carbocycles. The molecule has 1 fully saturated rings. The Kier molecular flexibility index (Phi) is 4.24. The summed E-state index contributed by atoms with van der Waals surface area (Å²) >= 11 is 0. The quantitative estimate of drug-likeness (QED) is 0.576. The molecule has 1 saturated carbocycles. The van der Waals surface area contributed by atoms with Gasteiger partial charge < -0.3 is 19.7 Å². The zero-order valence-corrected chi connectivity index (χ0v) is 17.7. The van der Waals surface area contributed by atoms with Gasteiger partial charge in [-0.25, -0.2) is 18.9 Å². The molecule has 9 nitrogen and oxygen atoms in total. The summed E-state index contributed by atoms with van der Waals surface area (Å²) in [4.78, 5) is 24.0. The first kappa shape index (κ1) is 19.3. The Morgan fingerprint density at radius 2 is 2.16 bits per heavy atom. The highest BCUT2D eigenvalue weighted by atomic mass is 19.1. The topological polar surface area (TPSA) is 93.9 Å². The number of hydrogen-bond donors (Lipinski definition) is 1. The van der Waals surface area contributed by atoms with Crippen molar-refractivity contribution >= 4 is 17.4 Å². The molecule has 1 amide bonds. The SMILES string of the molecule is C[C@@H]1COc2cn3ncc4c3nc2N1Cc1cc(F)cnc1OCC1(CCC1)CNC4=O. The molecule has 32 heavy (non-hydrogen) atoms. The number of carbonyl (C=O) groups excluding carboxylic acids is 1. The van der Waals surface area contributed by atoms with E-state index in [0.717, 1.165) is 19.3 Å². The van der Waals surface area contributed by atoms with Gasteiger partial charge in [-0.15, -0.1) is 0 Å². The number of aromatic nitrogens is 4. The summed E-state index contributed by atoms with van der Waals surface area (Å²) in [6, 6.07) is 1.44. The highest BCUT2D eigenvalue weighted by molar-refractivity contribution is 5.99. The van der Waals surface area contributed by atoms with E-state index in [2.05, 4.69) is 15.4 Å². The average molecular weight is 438 g/mol. The Morgan fingerprint density at radius 3 is 2.97 bits per heavy atom. The van der Waals surface area contributed by atoms with Crippen molar-refractivity contribution < 1.29 is 18.7 Å². The molecular weight excluding hydrogens is 415 g/mol. The van der Waals surface area contributed by atoms with Gasteiger partial charge in [0.2, 0.25) is 5.88 Å². The summed E-state index contributed by atoms with van der Waals surface area (Å²) in [5.41, 5.74) is 1.35. The zero-order chi connectivity index (χ0) is 21.9. The molecule has 5 heterocycles. The molecule has 1 N–H and O–H groups in total. The summed E-state index contributed by atoms with van der Waals surface area (Å²) in [7, 11) is 0. The molecule has 3 aromatic rings. The highest BCUT2D eigenvalue weighted by Crippen LogP contribution is 2.41. The number of amides is 1. The molecule has 6 rings (SSSR count). The average Bonchev–Trinajstić information content (AvgIpc) is 3.17. The number of nitrogens with one attached hydrogen (secondary N) is 1. The van der Waals surface area contributed by atoms with Gasteiger partial charge in [0.1, 0.15) is 18.0 Å². The first-order valence-electron chi connectivity index (χ1n) is 10.8. The zero-order valence-electron chi connectivity index (χ0n) is 17.7. The molecule has 3 aromatic heterocycles. The first-order chi connectivity index (χ1) is 15.5. The number of pyridine rings is 1. The van der Waals surface area contributed by atoms with E-state index in [0.29, 0.717) is 60.5 Å². The summed E-state index contributed by atoms with van der Waals surface area (Å²) in [6.07, 6.45) is 7.41. The number of hydrogen-bond acceptors (Lipinski definition) is 7. The molecule has 0 aromatic carbocycles. The molecule has 0 radical (unpaired) electrons. The van der Waals surface area contributed by atoms with Crippen LogP contribution in [0.25, 0.3) is 5.65 Å². The van der Waals surface area contributed by atoms with E-state index in [1.807, 2.05) is 11.8 Å². The number of ether oxygens (including phenoxy) is 2. The largest absolute Gasteiger partial charge is 0.486 e. The Morgan fingerprint density at radius 1 is 1.28 bits per heavy atom. The van der Waals surface area contributed by atoms with Crippen molar-refractivity contribution in [2.75, 3.05) is 24.7 Å². The Balaban J connectivity index is 1.51. The standard InChI is InChI=1S/C22H23FN6O3/c1-13-10-31-17-9-29-18-16(7-26-29)20(30)25-11-22(3-2-4-22)12-32-21-14(5-15(23)6-24-21)8-28(13)19(17)27-18/h5-7,9,13H,2-4,8,10-12H2,1H3,(H,25,30)/t13-/m1/s1. The van der Waals surface area contributed by atoms with Gasteiger partial charge in [0.05, 0.1) is 37.8 Å². The van der Waals surface area contributed by atoms with Gasteiger partial charge in [-0.1, -0.05) is 6.42 Å². The van der Waals surface area contributed by atoms with E-state index in [9.17, 15) is 9.18 Å². The molecule has 1 atom stereocenters. The van der Waals surface area contributed by atoms with Crippen LogP contribution in [-0.2, 0) is 6.54 Å². The van der Waals surface area contributed by atoms with E-state index in [1.165, 1.54) is 18.5 Å². The van der Waals surface area contributed by atoms with Crippen LogP contribution in [0.1, 0.15) is 42.1 Å². The van der Waals surface area contributed by atoms with Crippen molar-refractivity contribution in [3.63, 3.8) is 0 Å². The van der Waals surface area contributed by atoms with Crippen molar-refractivity contribution in [2.45, 2.75) is 38.8 Å². The Hall–Kier alpha value is -3.43. The molecule has 166 valence electrons. The van der Waals surface area contributed by atoms with E-state index < -0.39 is 5.82 Å². The van der Waals surface area contributed by atoms with Crippen molar-refractivity contribution in [3.05, 3.63) is 41.6 Å². The van der Waals surface area contributed by atoms with E-state index in [1.54, 1.807) is 10.7 Å². The van der Waals surface area contributed by atoms with Crippen LogP contribution in [-0.4, -0.2) is 51.3 Å². The fourth-order valence-corrected chi connectivity index (χ4v) is 4.62. The molecule has 2 bridgehead atoms. The first-order valence-corrected chi connectivity index (χ1v) is 10.8. The second-order valence-corrected chi connectivity index (χ2v) is 8.99. The maximum atomic E-state index is 14.1. The lowest BCUT2D eigenvalue weighted by atomic mass is 9.69. The second-order valence-electron chi connectivity index (χ2n) is 8.99. The predicted octanol–water partition coefficient (Wildman–Crippen LogP) is 2.34. The monoisotopic (exact) mass is 438 g/mol. The van der Waals surface area contributed by atoms with Crippen molar-refractivity contribution in [2.24, 2.45) is 5.41 Å². The summed E-state index contributed by atoms with van der Waals surface area (Å²) in [6.45, 7) is 3.70. The number of nitrogens with zero attached hydrogens (tertiary/aromatic N) is 5. The third-order valence-electron chi connectivity index (χ3n) is 6.76. The van der Waals surface area contributed by atoms with Gasteiger partial charge >= 0.3 is 0 Å². The third kappa shape index (κ3) is 3.04. The Labute approximate surface area is 183 Å². The van der Waals surface area contributed by atoms with Crippen LogP contribution in [0.3, 0.4) is 0 Å². The van der Waals surface area contributed by atoms with Crippen molar-refractivity contribution in [1.82, 2.24) is 24.9 Å².